The van der Waals surface area contributed by atoms with Gasteiger partial charge in [-0.3, -0.25) is 0 Å². The highest BCUT2D eigenvalue weighted by Crippen LogP contribution is 2.09. The number of imidazole rings is 1. The Morgan fingerprint density at radius 3 is 2.92 bits per heavy atom. The van der Waals surface area contributed by atoms with Crippen LogP contribution in [0.1, 0.15) is 36.5 Å². The molecule has 0 aliphatic rings. The van der Waals surface area contributed by atoms with E-state index in [1.54, 1.807) is 0 Å². The van der Waals surface area contributed by atoms with Gasteiger partial charge in [0, 0.05) is 5.69 Å². The Labute approximate surface area is 77.0 Å². The highest BCUT2D eigenvalue weighted by atomic mass is 16.4. The first kappa shape index (κ1) is 9.77. The molecule has 1 aromatic rings. The average molecular weight is 182 g/mol. The molecule has 72 valence electrons. The highest BCUT2D eigenvalue weighted by Gasteiger charge is 2.12. The van der Waals surface area contributed by atoms with Crippen LogP contribution in [0.2, 0.25) is 0 Å². The monoisotopic (exact) mass is 182 g/mol. The molecule has 2 N–H and O–H groups in total. The number of nitrogens with zero attached hydrogens (tertiary/aromatic N) is 1. The maximum absolute atomic E-state index is 10.6. The van der Waals surface area contributed by atoms with E-state index in [2.05, 4.69) is 23.8 Å². The number of hydrogen-bond acceptors (Lipinski definition) is 2. The van der Waals surface area contributed by atoms with E-state index in [1.165, 1.54) is 6.33 Å². The molecule has 0 radical (unpaired) electrons. The second-order valence-corrected chi connectivity index (χ2v) is 3.47. The fraction of sp³-hybridized carbons (Fsp3) is 0.556. The number of H-pyrrole nitrogens is 1. The topological polar surface area (TPSA) is 66.0 Å². The Bertz CT molecular complexity index is 292. The predicted octanol–water partition coefficient (Wildman–Crippen LogP) is 1.70. The molecule has 4 heteroatoms. The summed E-state index contributed by atoms with van der Waals surface area (Å²) in [6.07, 6.45) is 3.15. The molecule has 1 aromatic heterocycles. The Hall–Kier alpha value is -1.32. The van der Waals surface area contributed by atoms with E-state index < -0.39 is 5.97 Å². The smallest absolute Gasteiger partial charge is 0.356 e. The lowest BCUT2D eigenvalue weighted by molar-refractivity contribution is 0.0689. The number of carboxylic acid groups (broad SMARTS) is 1. The van der Waals surface area contributed by atoms with Crippen LogP contribution in [0, 0.1) is 5.92 Å². The number of carbonyl (C=O) groups is 1. The molecule has 0 amide bonds. The standard InChI is InChI=1S/C9H14N2O2/c1-6(2)3-4-7-8(9(12)13)11-5-10-7/h5-6H,3-4H2,1-2H3,(H,10,11)(H,12,13). The lowest BCUT2D eigenvalue weighted by Crippen LogP contribution is -2.03. The van der Waals surface area contributed by atoms with Crippen molar-refractivity contribution in [2.75, 3.05) is 0 Å². The molecule has 0 aromatic carbocycles. The molecule has 0 atom stereocenters. The predicted molar refractivity (Wildman–Crippen MR) is 48.7 cm³/mol. The van der Waals surface area contributed by atoms with Crippen molar-refractivity contribution in [2.24, 2.45) is 5.92 Å². The molecule has 0 spiro atoms. The van der Waals surface area contributed by atoms with E-state index in [9.17, 15) is 4.79 Å². The van der Waals surface area contributed by atoms with Crippen LogP contribution in [0.15, 0.2) is 6.33 Å². The maximum atomic E-state index is 10.6. The van der Waals surface area contributed by atoms with E-state index in [1.807, 2.05) is 0 Å². The normalized spacial score (nSPS) is 10.7. The molecule has 0 fully saturated rings. The van der Waals surface area contributed by atoms with Gasteiger partial charge in [0.25, 0.3) is 0 Å². The van der Waals surface area contributed by atoms with E-state index in [0.717, 1.165) is 18.5 Å². The minimum atomic E-state index is -0.958. The third-order valence-electron chi connectivity index (χ3n) is 1.89. The minimum Gasteiger partial charge on any atom is -0.476 e. The number of aromatic amines is 1. The van der Waals surface area contributed by atoms with Crippen LogP contribution in [0.5, 0.6) is 0 Å². The number of aryl methyl sites for hydroxylation is 1. The summed E-state index contributed by atoms with van der Waals surface area (Å²) in [6, 6.07) is 0. The summed E-state index contributed by atoms with van der Waals surface area (Å²) >= 11 is 0. The fourth-order valence-corrected chi connectivity index (χ4v) is 1.13. The van der Waals surface area contributed by atoms with Crippen molar-refractivity contribution in [3.63, 3.8) is 0 Å². The molecular weight excluding hydrogens is 168 g/mol. The summed E-state index contributed by atoms with van der Waals surface area (Å²) < 4.78 is 0. The summed E-state index contributed by atoms with van der Waals surface area (Å²) in [6.45, 7) is 4.22. The van der Waals surface area contributed by atoms with Gasteiger partial charge in [-0.1, -0.05) is 13.8 Å². The maximum Gasteiger partial charge on any atom is 0.356 e. The van der Waals surface area contributed by atoms with Crippen molar-refractivity contribution in [3.05, 3.63) is 17.7 Å². The third-order valence-corrected chi connectivity index (χ3v) is 1.89. The van der Waals surface area contributed by atoms with Gasteiger partial charge >= 0.3 is 5.97 Å². The molecule has 0 aliphatic heterocycles. The van der Waals surface area contributed by atoms with Crippen molar-refractivity contribution < 1.29 is 9.90 Å². The summed E-state index contributed by atoms with van der Waals surface area (Å²) in [4.78, 5) is 17.2. The van der Waals surface area contributed by atoms with E-state index >= 15 is 0 Å². The number of rotatable bonds is 4. The van der Waals surface area contributed by atoms with Crippen molar-refractivity contribution in [1.29, 1.82) is 0 Å². The van der Waals surface area contributed by atoms with Crippen LogP contribution in [0.4, 0.5) is 0 Å². The Kier molecular flexibility index (Phi) is 3.06. The SMILES string of the molecule is CC(C)CCc1[nH]cnc1C(=O)O. The number of hydrogen-bond donors (Lipinski definition) is 2. The summed E-state index contributed by atoms with van der Waals surface area (Å²) in [7, 11) is 0. The molecule has 4 nitrogen and oxygen atoms in total. The van der Waals surface area contributed by atoms with Gasteiger partial charge in [0.1, 0.15) is 0 Å². The zero-order valence-corrected chi connectivity index (χ0v) is 7.87. The van der Waals surface area contributed by atoms with Gasteiger partial charge in [-0.25, -0.2) is 9.78 Å². The molecule has 0 unspecified atom stereocenters. The van der Waals surface area contributed by atoms with Crippen LogP contribution in [-0.4, -0.2) is 21.0 Å². The first-order valence-corrected chi connectivity index (χ1v) is 4.36. The molecule has 1 heterocycles. The van der Waals surface area contributed by atoms with Crippen molar-refractivity contribution in [2.45, 2.75) is 26.7 Å². The van der Waals surface area contributed by atoms with Gasteiger partial charge in [0.2, 0.25) is 0 Å². The summed E-state index contributed by atoms with van der Waals surface area (Å²) in [5.41, 5.74) is 0.877. The molecule has 0 bridgehead atoms. The molecule has 0 saturated carbocycles. The van der Waals surface area contributed by atoms with Crippen molar-refractivity contribution in [3.8, 4) is 0 Å². The van der Waals surface area contributed by atoms with Gasteiger partial charge in [-0.15, -0.1) is 0 Å². The van der Waals surface area contributed by atoms with Crippen molar-refractivity contribution >= 4 is 5.97 Å². The number of nitrogens with one attached hydrogen (secondary N) is 1. The van der Waals surface area contributed by atoms with Gasteiger partial charge in [0.15, 0.2) is 5.69 Å². The zero-order chi connectivity index (χ0) is 9.84. The molecule has 0 aliphatic carbocycles. The quantitative estimate of drug-likeness (QED) is 0.744. The summed E-state index contributed by atoms with van der Waals surface area (Å²) in [5.74, 6) is -0.384. The lowest BCUT2D eigenvalue weighted by Gasteiger charge is -2.02. The number of aromatic carboxylic acids is 1. The molecule has 0 saturated heterocycles. The molecule has 1 rings (SSSR count). The fourth-order valence-electron chi connectivity index (χ4n) is 1.13. The van der Waals surface area contributed by atoms with E-state index in [-0.39, 0.29) is 5.69 Å². The zero-order valence-electron chi connectivity index (χ0n) is 7.87. The van der Waals surface area contributed by atoms with Gasteiger partial charge < -0.3 is 10.1 Å². The third kappa shape index (κ3) is 2.57. The minimum absolute atomic E-state index is 0.153. The van der Waals surface area contributed by atoms with Crippen LogP contribution >= 0.6 is 0 Å². The lowest BCUT2D eigenvalue weighted by atomic mass is 10.1. The second kappa shape index (κ2) is 4.07. The highest BCUT2D eigenvalue weighted by molar-refractivity contribution is 5.86. The van der Waals surface area contributed by atoms with Gasteiger partial charge in [-0.05, 0) is 18.8 Å². The van der Waals surface area contributed by atoms with Crippen molar-refractivity contribution in [1.82, 2.24) is 9.97 Å². The first-order valence-electron chi connectivity index (χ1n) is 4.36. The number of carboxylic acids is 1. The Morgan fingerprint density at radius 2 is 2.38 bits per heavy atom. The van der Waals surface area contributed by atoms with Crippen LogP contribution in [0.25, 0.3) is 0 Å². The van der Waals surface area contributed by atoms with Crippen LogP contribution < -0.4 is 0 Å². The Morgan fingerprint density at radius 1 is 1.69 bits per heavy atom. The summed E-state index contributed by atoms with van der Waals surface area (Å²) in [5, 5.41) is 8.74. The molecule has 13 heavy (non-hydrogen) atoms. The molecular formula is C9H14N2O2. The van der Waals surface area contributed by atoms with Crippen LogP contribution in [0.3, 0.4) is 0 Å². The average Bonchev–Trinajstić information content (AvgIpc) is 2.47. The van der Waals surface area contributed by atoms with Crippen LogP contribution in [-0.2, 0) is 6.42 Å². The van der Waals surface area contributed by atoms with Gasteiger partial charge in [0.05, 0.1) is 6.33 Å². The largest absolute Gasteiger partial charge is 0.476 e. The first-order chi connectivity index (χ1) is 6.11. The van der Waals surface area contributed by atoms with E-state index in [4.69, 9.17) is 5.11 Å². The van der Waals surface area contributed by atoms with E-state index in [0.29, 0.717) is 5.92 Å². The Balaban J connectivity index is 2.65. The second-order valence-electron chi connectivity index (χ2n) is 3.47. The number of aromatic nitrogens is 2. The van der Waals surface area contributed by atoms with Gasteiger partial charge in [-0.2, -0.15) is 0 Å².